The minimum atomic E-state index is -0.400. The van der Waals surface area contributed by atoms with Gasteiger partial charge in [-0.05, 0) is 29.7 Å². The Bertz CT molecular complexity index is 1130. The SMILES string of the molecule is CCc1ccc(C2C(C#N)=C(N)Oc3n[nH]c(-c4ccc(Cl)c(Cl)c4)c32)cc1. The number of fused-ring (bicyclic) bond motifs is 1. The number of halogens is 2. The van der Waals surface area contributed by atoms with Crippen molar-refractivity contribution in [2.75, 3.05) is 0 Å². The van der Waals surface area contributed by atoms with Crippen LogP contribution >= 0.6 is 23.2 Å². The Morgan fingerprint density at radius 3 is 2.57 bits per heavy atom. The summed E-state index contributed by atoms with van der Waals surface area (Å²) >= 11 is 12.3. The molecule has 2 heterocycles. The highest BCUT2D eigenvalue weighted by atomic mass is 35.5. The third kappa shape index (κ3) is 3.01. The number of nitrogens with two attached hydrogens (primary N) is 1. The number of rotatable bonds is 3. The summed E-state index contributed by atoms with van der Waals surface area (Å²) in [7, 11) is 0. The maximum atomic E-state index is 9.76. The van der Waals surface area contributed by atoms with Gasteiger partial charge >= 0.3 is 0 Å². The average Bonchev–Trinajstić information content (AvgIpc) is 3.12. The van der Waals surface area contributed by atoms with Gasteiger partial charge in [0.1, 0.15) is 11.6 Å². The summed E-state index contributed by atoms with van der Waals surface area (Å²) in [6.45, 7) is 2.10. The van der Waals surface area contributed by atoms with Gasteiger partial charge in [-0.1, -0.05) is 60.5 Å². The van der Waals surface area contributed by atoms with Gasteiger partial charge in [0.25, 0.3) is 0 Å². The molecule has 1 unspecified atom stereocenters. The molecule has 0 aliphatic carbocycles. The number of aromatic nitrogens is 2. The van der Waals surface area contributed by atoms with Crippen molar-refractivity contribution in [3.8, 4) is 23.2 Å². The molecule has 28 heavy (non-hydrogen) atoms. The summed E-state index contributed by atoms with van der Waals surface area (Å²) in [5, 5.41) is 17.9. The van der Waals surface area contributed by atoms with Crippen molar-refractivity contribution in [2.45, 2.75) is 19.3 Å². The van der Waals surface area contributed by atoms with Gasteiger partial charge in [-0.25, -0.2) is 0 Å². The van der Waals surface area contributed by atoms with E-state index in [4.69, 9.17) is 33.7 Å². The van der Waals surface area contributed by atoms with Crippen molar-refractivity contribution in [1.29, 1.82) is 5.26 Å². The van der Waals surface area contributed by atoms with Crippen LogP contribution in [0, 0.1) is 11.3 Å². The highest BCUT2D eigenvalue weighted by molar-refractivity contribution is 6.42. The number of aromatic amines is 1. The molecule has 4 rings (SSSR count). The second-order valence-electron chi connectivity index (χ2n) is 6.47. The number of aryl methyl sites for hydroxylation is 1. The molecule has 140 valence electrons. The fourth-order valence-corrected chi connectivity index (χ4v) is 3.69. The average molecular weight is 411 g/mol. The van der Waals surface area contributed by atoms with Crippen molar-refractivity contribution in [3.05, 3.63) is 80.7 Å². The zero-order chi connectivity index (χ0) is 19.8. The quantitative estimate of drug-likeness (QED) is 0.623. The number of allylic oxidation sites excluding steroid dienone is 1. The molecule has 3 aromatic rings. The molecule has 0 saturated heterocycles. The summed E-state index contributed by atoms with van der Waals surface area (Å²) in [6.07, 6.45) is 0.933. The van der Waals surface area contributed by atoms with E-state index in [1.807, 2.05) is 18.2 Å². The topological polar surface area (TPSA) is 87.7 Å². The maximum Gasteiger partial charge on any atom is 0.244 e. The van der Waals surface area contributed by atoms with Crippen LogP contribution in [0.1, 0.15) is 29.5 Å². The maximum absolute atomic E-state index is 9.76. The van der Waals surface area contributed by atoms with Gasteiger partial charge in [-0.3, -0.25) is 5.10 Å². The van der Waals surface area contributed by atoms with Crippen LogP contribution in [0.4, 0.5) is 0 Å². The van der Waals surface area contributed by atoms with Gasteiger partial charge in [0.2, 0.25) is 11.8 Å². The molecule has 0 fully saturated rings. The number of ether oxygens (including phenoxy) is 1. The van der Waals surface area contributed by atoms with E-state index in [0.717, 1.165) is 23.1 Å². The van der Waals surface area contributed by atoms with E-state index >= 15 is 0 Å². The number of hydrogen-bond acceptors (Lipinski definition) is 4. The Hall–Kier alpha value is -2.94. The normalized spacial score (nSPS) is 15.7. The number of nitriles is 1. The molecule has 1 aliphatic rings. The summed E-state index contributed by atoms with van der Waals surface area (Å²) in [5.74, 6) is 0.0109. The van der Waals surface area contributed by atoms with E-state index in [2.05, 4.69) is 35.3 Å². The Morgan fingerprint density at radius 2 is 1.93 bits per heavy atom. The Balaban J connectivity index is 1.92. The predicted octanol–water partition coefficient (Wildman–Crippen LogP) is 5.16. The number of benzene rings is 2. The van der Waals surface area contributed by atoms with Gasteiger partial charge < -0.3 is 10.5 Å². The smallest absolute Gasteiger partial charge is 0.244 e. The Morgan fingerprint density at radius 1 is 1.18 bits per heavy atom. The number of hydrogen-bond donors (Lipinski definition) is 2. The van der Waals surface area contributed by atoms with Crippen molar-refractivity contribution >= 4 is 23.2 Å². The summed E-state index contributed by atoms with van der Waals surface area (Å²) in [6, 6.07) is 15.6. The zero-order valence-corrected chi connectivity index (χ0v) is 16.5. The molecule has 0 radical (unpaired) electrons. The monoisotopic (exact) mass is 410 g/mol. The van der Waals surface area contributed by atoms with E-state index < -0.39 is 5.92 Å². The zero-order valence-electron chi connectivity index (χ0n) is 15.0. The molecular formula is C21H16Cl2N4O. The van der Waals surface area contributed by atoms with E-state index in [-0.39, 0.29) is 5.88 Å². The molecule has 7 heteroatoms. The van der Waals surface area contributed by atoms with Crippen LogP contribution in [-0.4, -0.2) is 10.2 Å². The van der Waals surface area contributed by atoms with E-state index in [1.165, 1.54) is 5.56 Å². The van der Waals surface area contributed by atoms with Crippen LogP contribution in [0.15, 0.2) is 53.9 Å². The second-order valence-corrected chi connectivity index (χ2v) is 7.28. The van der Waals surface area contributed by atoms with Crippen LogP contribution in [0.25, 0.3) is 11.3 Å². The third-order valence-electron chi connectivity index (χ3n) is 4.87. The standard InChI is InChI=1S/C21H16Cl2N4O/c1-2-11-3-5-12(6-4-11)17-14(10-24)20(25)28-21-18(17)19(26-27-21)13-7-8-15(22)16(23)9-13/h3-9,17H,2,25H2,1H3,(H,26,27). The molecule has 2 aromatic carbocycles. The van der Waals surface area contributed by atoms with Crippen LogP contribution in [-0.2, 0) is 6.42 Å². The number of H-pyrrole nitrogens is 1. The largest absolute Gasteiger partial charge is 0.420 e. The molecule has 1 aliphatic heterocycles. The first kappa shape index (κ1) is 18.4. The molecule has 1 aromatic heterocycles. The van der Waals surface area contributed by atoms with Gasteiger partial charge in [-0.2, -0.15) is 5.26 Å². The van der Waals surface area contributed by atoms with Crippen molar-refractivity contribution in [1.82, 2.24) is 10.2 Å². The van der Waals surface area contributed by atoms with Crippen LogP contribution in [0.5, 0.6) is 5.88 Å². The molecule has 1 atom stereocenters. The predicted molar refractivity (Wildman–Crippen MR) is 109 cm³/mol. The lowest BCUT2D eigenvalue weighted by Crippen LogP contribution is -2.21. The first-order chi connectivity index (χ1) is 13.5. The molecule has 3 N–H and O–H groups in total. The lowest BCUT2D eigenvalue weighted by atomic mass is 9.82. The second kappa shape index (κ2) is 7.23. The third-order valence-corrected chi connectivity index (χ3v) is 5.61. The van der Waals surface area contributed by atoms with E-state index in [9.17, 15) is 5.26 Å². The van der Waals surface area contributed by atoms with E-state index in [1.54, 1.807) is 12.1 Å². The lowest BCUT2D eigenvalue weighted by Gasteiger charge is -2.24. The van der Waals surface area contributed by atoms with Crippen LogP contribution < -0.4 is 10.5 Å². The summed E-state index contributed by atoms with van der Waals surface area (Å²) < 4.78 is 5.62. The fourth-order valence-electron chi connectivity index (χ4n) is 3.40. The van der Waals surface area contributed by atoms with Gasteiger partial charge in [0.15, 0.2) is 0 Å². The minimum Gasteiger partial charge on any atom is -0.420 e. The van der Waals surface area contributed by atoms with Crippen LogP contribution in [0.2, 0.25) is 10.0 Å². The van der Waals surface area contributed by atoms with Crippen molar-refractivity contribution < 1.29 is 4.74 Å². The molecule has 0 saturated carbocycles. The fraction of sp³-hybridized carbons (Fsp3) is 0.143. The van der Waals surface area contributed by atoms with Gasteiger partial charge in [0, 0.05) is 5.56 Å². The molecule has 0 spiro atoms. The molecule has 5 nitrogen and oxygen atoms in total. The summed E-state index contributed by atoms with van der Waals surface area (Å²) in [4.78, 5) is 0. The first-order valence-electron chi connectivity index (χ1n) is 8.73. The highest BCUT2D eigenvalue weighted by Gasteiger charge is 2.35. The van der Waals surface area contributed by atoms with Gasteiger partial charge in [0.05, 0.1) is 27.2 Å². The highest BCUT2D eigenvalue weighted by Crippen LogP contribution is 2.46. The van der Waals surface area contributed by atoms with E-state index in [0.29, 0.717) is 27.2 Å². The van der Waals surface area contributed by atoms with Crippen molar-refractivity contribution in [3.63, 3.8) is 0 Å². The molecule has 0 bridgehead atoms. The van der Waals surface area contributed by atoms with Crippen LogP contribution in [0.3, 0.4) is 0 Å². The molecule has 0 amide bonds. The van der Waals surface area contributed by atoms with Crippen molar-refractivity contribution in [2.24, 2.45) is 5.73 Å². The minimum absolute atomic E-state index is 0.0618. The van der Waals surface area contributed by atoms with Gasteiger partial charge in [-0.15, -0.1) is 5.10 Å². The number of nitrogens with one attached hydrogen (secondary N) is 1. The number of nitrogens with zero attached hydrogens (tertiary/aromatic N) is 2. The summed E-state index contributed by atoms with van der Waals surface area (Å²) in [5.41, 5.74) is 10.8. The first-order valence-corrected chi connectivity index (χ1v) is 9.49. The lowest BCUT2D eigenvalue weighted by molar-refractivity contribution is 0.379. The molecular weight excluding hydrogens is 395 g/mol. The Labute approximate surface area is 172 Å². The Kier molecular flexibility index (Phi) is 4.76.